The van der Waals surface area contributed by atoms with Gasteiger partial charge in [-0.25, -0.2) is 13.8 Å². The standard InChI is InChI=1S/C13H19F2N3O.HI/c1-13(2,3)18-12(16)17-6-7-19-11-5-4-9(14)8-10(11)15;/h4-5,8H,6-7H2,1-3H3,(H3,16,17,18);1H. The van der Waals surface area contributed by atoms with Crippen LogP contribution in [-0.2, 0) is 0 Å². The summed E-state index contributed by atoms with van der Waals surface area (Å²) in [6.45, 7) is 6.32. The lowest BCUT2D eigenvalue weighted by molar-refractivity contribution is 0.310. The first-order chi connectivity index (χ1) is 8.78. The van der Waals surface area contributed by atoms with Crippen molar-refractivity contribution in [2.75, 3.05) is 13.2 Å². The maximum Gasteiger partial charge on any atom is 0.189 e. The summed E-state index contributed by atoms with van der Waals surface area (Å²) in [6.07, 6.45) is 0. The highest BCUT2D eigenvalue weighted by Crippen LogP contribution is 2.17. The van der Waals surface area contributed by atoms with E-state index in [-0.39, 0.29) is 48.4 Å². The quantitative estimate of drug-likeness (QED) is 0.354. The molecule has 0 heterocycles. The lowest BCUT2D eigenvalue weighted by Gasteiger charge is -2.20. The van der Waals surface area contributed by atoms with Gasteiger partial charge >= 0.3 is 0 Å². The molecule has 0 saturated heterocycles. The van der Waals surface area contributed by atoms with E-state index in [9.17, 15) is 8.78 Å². The van der Waals surface area contributed by atoms with Gasteiger partial charge in [0.2, 0.25) is 0 Å². The van der Waals surface area contributed by atoms with Crippen molar-refractivity contribution in [3.8, 4) is 5.75 Å². The van der Waals surface area contributed by atoms with Crippen molar-refractivity contribution < 1.29 is 13.5 Å². The molecule has 0 amide bonds. The number of ether oxygens (including phenoxy) is 1. The van der Waals surface area contributed by atoms with Crippen LogP contribution in [0.1, 0.15) is 20.8 Å². The smallest absolute Gasteiger partial charge is 0.189 e. The number of aliphatic imine (C=N–C) groups is 1. The number of halogens is 3. The molecule has 1 aromatic carbocycles. The van der Waals surface area contributed by atoms with Crippen molar-refractivity contribution in [1.82, 2.24) is 5.32 Å². The largest absolute Gasteiger partial charge is 0.489 e. The topological polar surface area (TPSA) is 59.6 Å². The van der Waals surface area contributed by atoms with Gasteiger partial charge in [0.25, 0.3) is 0 Å². The molecule has 0 atom stereocenters. The van der Waals surface area contributed by atoms with E-state index in [1.165, 1.54) is 6.07 Å². The van der Waals surface area contributed by atoms with Crippen LogP contribution in [0, 0.1) is 11.6 Å². The average molecular weight is 399 g/mol. The van der Waals surface area contributed by atoms with Crippen molar-refractivity contribution >= 4 is 29.9 Å². The molecule has 20 heavy (non-hydrogen) atoms. The molecule has 0 aliphatic rings. The van der Waals surface area contributed by atoms with E-state index in [1.54, 1.807) is 0 Å². The van der Waals surface area contributed by atoms with Crippen LogP contribution in [0.15, 0.2) is 23.2 Å². The third-order valence-electron chi connectivity index (χ3n) is 2.03. The Labute approximate surface area is 134 Å². The molecule has 3 N–H and O–H groups in total. The summed E-state index contributed by atoms with van der Waals surface area (Å²) in [7, 11) is 0. The molecule has 114 valence electrons. The molecule has 0 aliphatic heterocycles. The van der Waals surface area contributed by atoms with Gasteiger partial charge in [-0.2, -0.15) is 0 Å². The van der Waals surface area contributed by atoms with Gasteiger partial charge in [0.15, 0.2) is 17.5 Å². The first-order valence-corrected chi connectivity index (χ1v) is 5.94. The second-order valence-electron chi connectivity index (χ2n) is 5.07. The third-order valence-corrected chi connectivity index (χ3v) is 2.03. The van der Waals surface area contributed by atoms with Crippen LogP contribution in [0.4, 0.5) is 8.78 Å². The van der Waals surface area contributed by atoms with Crippen LogP contribution in [0.3, 0.4) is 0 Å². The Morgan fingerprint density at radius 3 is 2.55 bits per heavy atom. The Balaban J connectivity index is 0.00000361. The molecule has 0 aromatic heterocycles. The van der Waals surface area contributed by atoms with Crippen molar-refractivity contribution in [2.45, 2.75) is 26.3 Å². The average Bonchev–Trinajstić information content (AvgIpc) is 2.24. The Bertz CT molecular complexity index is 461. The fourth-order valence-corrected chi connectivity index (χ4v) is 1.34. The van der Waals surface area contributed by atoms with E-state index in [0.717, 1.165) is 12.1 Å². The summed E-state index contributed by atoms with van der Waals surface area (Å²) in [5.74, 6) is -1.07. The zero-order chi connectivity index (χ0) is 14.5. The molecular weight excluding hydrogens is 379 g/mol. The Morgan fingerprint density at radius 1 is 1.35 bits per heavy atom. The maximum absolute atomic E-state index is 13.2. The van der Waals surface area contributed by atoms with Crippen LogP contribution < -0.4 is 15.8 Å². The molecule has 0 spiro atoms. The normalized spacial score (nSPS) is 11.8. The highest BCUT2D eigenvalue weighted by atomic mass is 127. The van der Waals surface area contributed by atoms with E-state index >= 15 is 0 Å². The minimum atomic E-state index is -0.732. The second kappa shape index (κ2) is 8.23. The predicted octanol–water partition coefficient (Wildman–Crippen LogP) is 2.66. The predicted molar refractivity (Wildman–Crippen MR) is 86.6 cm³/mol. The summed E-state index contributed by atoms with van der Waals surface area (Å²) >= 11 is 0. The summed E-state index contributed by atoms with van der Waals surface area (Å²) in [6, 6.07) is 3.15. The molecule has 0 unspecified atom stereocenters. The van der Waals surface area contributed by atoms with Gasteiger partial charge in [0.1, 0.15) is 12.4 Å². The van der Waals surface area contributed by atoms with Gasteiger partial charge in [0, 0.05) is 11.6 Å². The first kappa shape index (κ1) is 18.9. The van der Waals surface area contributed by atoms with E-state index in [1.807, 2.05) is 20.8 Å². The van der Waals surface area contributed by atoms with Crippen molar-refractivity contribution in [3.05, 3.63) is 29.8 Å². The lowest BCUT2D eigenvalue weighted by atomic mass is 10.1. The number of rotatable bonds is 4. The number of benzene rings is 1. The molecule has 1 rings (SSSR count). The molecule has 0 aliphatic carbocycles. The van der Waals surface area contributed by atoms with E-state index < -0.39 is 11.6 Å². The molecule has 0 fully saturated rings. The van der Waals surface area contributed by atoms with Crippen molar-refractivity contribution in [3.63, 3.8) is 0 Å². The fourth-order valence-electron chi connectivity index (χ4n) is 1.34. The van der Waals surface area contributed by atoms with Crippen molar-refractivity contribution in [1.29, 1.82) is 0 Å². The molecule has 4 nitrogen and oxygen atoms in total. The number of nitrogens with one attached hydrogen (secondary N) is 1. The van der Waals surface area contributed by atoms with Gasteiger partial charge in [-0.1, -0.05) is 0 Å². The molecule has 1 aromatic rings. The van der Waals surface area contributed by atoms with E-state index in [4.69, 9.17) is 10.5 Å². The fraction of sp³-hybridized carbons (Fsp3) is 0.462. The van der Waals surface area contributed by atoms with Crippen LogP contribution in [0.5, 0.6) is 5.75 Å². The molecule has 0 bridgehead atoms. The van der Waals surface area contributed by atoms with Crippen LogP contribution in [0.25, 0.3) is 0 Å². The SMILES string of the molecule is CC(C)(C)NC(N)=NCCOc1ccc(F)cc1F.I. The van der Waals surface area contributed by atoms with Crippen molar-refractivity contribution in [2.24, 2.45) is 10.7 Å². The highest BCUT2D eigenvalue weighted by molar-refractivity contribution is 14.0. The number of nitrogens with zero attached hydrogens (tertiary/aromatic N) is 1. The van der Waals surface area contributed by atoms with Crippen LogP contribution in [0.2, 0.25) is 0 Å². The Morgan fingerprint density at radius 2 is 2.00 bits per heavy atom. The molecule has 7 heteroatoms. The van der Waals surface area contributed by atoms with Crippen LogP contribution in [-0.4, -0.2) is 24.7 Å². The van der Waals surface area contributed by atoms with E-state index in [2.05, 4.69) is 10.3 Å². The number of hydrogen-bond donors (Lipinski definition) is 2. The monoisotopic (exact) mass is 399 g/mol. The van der Waals surface area contributed by atoms with Gasteiger partial charge in [-0.05, 0) is 32.9 Å². The summed E-state index contributed by atoms with van der Waals surface area (Å²) < 4.78 is 31.0. The van der Waals surface area contributed by atoms with E-state index in [0.29, 0.717) is 5.96 Å². The zero-order valence-electron chi connectivity index (χ0n) is 11.7. The minimum absolute atomic E-state index is 0. The van der Waals surface area contributed by atoms with Gasteiger partial charge in [-0.3, -0.25) is 0 Å². The second-order valence-corrected chi connectivity index (χ2v) is 5.07. The number of nitrogens with two attached hydrogens (primary N) is 1. The number of hydrogen-bond acceptors (Lipinski definition) is 2. The van der Waals surface area contributed by atoms with Crippen LogP contribution >= 0.6 is 24.0 Å². The molecule has 0 radical (unpaired) electrons. The van der Waals surface area contributed by atoms with Gasteiger partial charge in [0.05, 0.1) is 6.54 Å². The minimum Gasteiger partial charge on any atom is -0.489 e. The third kappa shape index (κ3) is 7.46. The van der Waals surface area contributed by atoms with Gasteiger partial charge in [-0.15, -0.1) is 24.0 Å². The summed E-state index contributed by atoms with van der Waals surface area (Å²) in [4.78, 5) is 4.03. The maximum atomic E-state index is 13.2. The molecule has 0 saturated carbocycles. The van der Waals surface area contributed by atoms with Gasteiger partial charge < -0.3 is 15.8 Å². The summed E-state index contributed by atoms with van der Waals surface area (Å²) in [5, 5.41) is 2.99. The Kier molecular flexibility index (Phi) is 7.77. The lowest BCUT2D eigenvalue weighted by Crippen LogP contribution is -2.45. The summed E-state index contributed by atoms with van der Waals surface area (Å²) in [5.41, 5.74) is 5.48. The molecular formula is C13H20F2IN3O. The highest BCUT2D eigenvalue weighted by Gasteiger charge is 2.09. The zero-order valence-corrected chi connectivity index (χ0v) is 14.1. The Hall–Kier alpha value is -1.12. The first-order valence-electron chi connectivity index (χ1n) is 5.94. The number of guanidine groups is 1.